The first kappa shape index (κ1) is 23.4. The molecule has 3 rings (SSSR count). The number of carbonyl (C=O) groups is 2. The zero-order valence-corrected chi connectivity index (χ0v) is 17.0. The van der Waals surface area contributed by atoms with Crippen LogP contribution in [0.3, 0.4) is 0 Å². The number of nitrogens with one attached hydrogen (secondary N) is 1. The lowest BCUT2D eigenvalue weighted by Crippen LogP contribution is -2.53. The molecule has 3 aliphatic heterocycles. The van der Waals surface area contributed by atoms with Crippen LogP contribution in [0.4, 0.5) is 0 Å². The Morgan fingerprint density at radius 1 is 0.885 bits per heavy atom. The number of carbonyl (C=O) groups excluding carboxylic acids is 2. The van der Waals surface area contributed by atoms with E-state index in [1.54, 1.807) is 0 Å². The van der Waals surface area contributed by atoms with E-state index in [4.69, 9.17) is 4.74 Å². The van der Waals surface area contributed by atoms with Crippen molar-refractivity contribution in [1.82, 2.24) is 20.0 Å². The fraction of sp³-hybridized carbons (Fsp3) is 0.882. The number of likely N-dealkylation sites (tertiary alicyclic amines) is 1. The van der Waals surface area contributed by atoms with Crippen LogP contribution in [0.1, 0.15) is 25.7 Å². The number of halogens is 2. The summed E-state index contributed by atoms with van der Waals surface area (Å²) in [5.41, 5.74) is 0. The molecular formula is C17H32Cl2N4O3. The molecule has 3 saturated heterocycles. The Morgan fingerprint density at radius 3 is 2.15 bits per heavy atom. The largest absolute Gasteiger partial charge is 0.378 e. The van der Waals surface area contributed by atoms with E-state index in [1.807, 2.05) is 9.80 Å². The van der Waals surface area contributed by atoms with Gasteiger partial charge in [0.15, 0.2) is 0 Å². The van der Waals surface area contributed by atoms with E-state index in [2.05, 4.69) is 10.2 Å². The van der Waals surface area contributed by atoms with Crippen molar-refractivity contribution in [3.8, 4) is 0 Å². The quantitative estimate of drug-likeness (QED) is 0.724. The number of piperazine rings is 1. The maximum Gasteiger partial charge on any atom is 0.236 e. The van der Waals surface area contributed by atoms with Gasteiger partial charge in [-0.15, -0.1) is 24.8 Å². The summed E-state index contributed by atoms with van der Waals surface area (Å²) in [6.45, 7) is 7.52. The van der Waals surface area contributed by atoms with Gasteiger partial charge in [-0.2, -0.15) is 0 Å². The summed E-state index contributed by atoms with van der Waals surface area (Å²) in [4.78, 5) is 30.8. The summed E-state index contributed by atoms with van der Waals surface area (Å²) in [6, 6.07) is 0.143. The number of nitrogens with zero attached hydrogens (tertiary/aromatic N) is 3. The van der Waals surface area contributed by atoms with Crippen LogP contribution in [0, 0.1) is 0 Å². The molecule has 3 aliphatic rings. The lowest BCUT2D eigenvalue weighted by Gasteiger charge is -2.36. The Kier molecular flexibility index (Phi) is 10.8. The monoisotopic (exact) mass is 410 g/mol. The Labute approximate surface area is 168 Å². The van der Waals surface area contributed by atoms with Crippen molar-refractivity contribution >= 4 is 36.6 Å². The summed E-state index contributed by atoms with van der Waals surface area (Å²) in [5.74, 6) is 0.443. The Morgan fingerprint density at radius 2 is 1.54 bits per heavy atom. The summed E-state index contributed by atoms with van der Waals surface area (Å²) in [5, 5.41) is 3.33. The number of piperidine rings is 1. The zero-order valence-electron chi connectivity index (χ0n) is 15.4. The third-order valence-electron chi connectivity index (χ3n) is 5.21. The van der Waals surface area contributed by atoms with Gasteiger partial charge in [-0.1, -0.05) is 0 Å². The predicted octanol–water partition coefficient (Wildman–Crippen LogP) is 0.365. The maximum atomic E-state index is 12.4. The Bertz CT molecular complexity index is 436. The fourth-order valence-electron chi connectivity index (χ4n) is 3.68. The van der Waals surface area contributed by atoms with Crippen LogP contribution in [-0.4, -0.2) is 98.1 Å². The third-order valence-corrected chi connectivity index (χ3v) is 5.21. The lowest BCUT2D eigenvalue weighted by molar-refractivity contribution is -0.136. The van der Waals surface area contributed by atoms with Crippen LogP contribution >= 0.6 is 24.8 Å². The molecule has 7 nitrogen and oxygen atoms in total. The molecule has 0 aliphatic carbocycles. The van der Waals surface area contributed by atoms with Crippen molar-refractivity contribution in [2.45, 2.75) is 31.7 Å². The average molecular weight is 411 g/mol. The molecule has 0 spiro atoms. The number of amides is 2. The highest BCUT2D eigenvalue weighted by Crippen LogP contribution is 2.11. The third kappa shape index (κ3) is 6.85. The van der Waals surface area contributed by atoms with Gasteiger partial charge in [-0.3, -0.25) is 14.5 Å². The van der Waals surface area contributed by atoms with Gasteiger partial charge < -0.3 is 19.9 Å². The molecule has 0 aromatic rings. The Hall–Kier alpha value is -0.600. The summed E-state index contributed by atoms with van der Waals surface area (Å²) >= 11 is 0. The van der Waals surface area contributed by atoms with Crippen LogP contribution in [0.5, 0.6) is 0 Å². The first-order valence-corrected chi connectivity index (χ1v) is 9.31. The molecule has 26 heavy (non-hydrogen) atoms. The van der Waals surface area contributed by atoms with Gasteiger partial charge in [-0.05, 0) is 19.3 Å². The highest BCUT2D eigenvalue weighted by Gasteiger charge is 2.26. The van der Waals surface area contributed by atoms with Crippen LogP contribution in [0.15, 0.2) is 0 Å². The van der Waals surface area contributed by atoms with Crippen molar-refractivity contribution in [3.63, 3.8) is 0 Å². The molecule has 152 valence electrons. The van der Waals surface area contributed by atoms with Gasteiger partial charge in [0.1, 0.15) is 0 Å². The van der Waals surface area contributed by atoms with Gasteiger partial charge >= 0.3 is 0 Å². The molecule has 0 aromatic heterocycles. The standard InChI is InChI=1S/C17H30N4O3.2ClH/c22-16(12-15-14-24-11-4-18-15)21-9-7-19(8-10-21)13-17(23)20-5-2-1-3-6-20;;/h15,18H,1-14H2;2*1H. The van der Waals surface area contributed by atoms with E-state index >= 15 is 0 Å². The summed E-state index contributed by atoms with van der Waals surface area (Å²) in [6.07, 6.45) is 4.01. The van der Waals surface area contributed by atoms with Crippen molar-refractivity contribution in [2.24, 2.45) is 0 Å². The highest BCUT2D eigenvalue weighted by atomic mass is 35.5. The van der Waals surface area contributed by atoms with E-state index in [9.17, 15) is 9.59 Å². The van der Waals surface area contributed by atoms with Crippen LogP contribution < -0.4 is 5.32 Å². The van der Waals surface area contributed by atoms with Crippen LogP contribution in [0.25, 0.3) is 0 Å². The van der Waals surface area contributed by atoms with E-state index in [-0.39, 0.29) is 42.7 Å². The smallest absolute Gasteiger partial charge is 0.236 e. The second-order valence-electron chi connectivity index (χ2n) is 7.03. The number of hydrogen-bond donors (Lipinski definition) is 1. The molecule has 0 aromatic carbocycles. The molecular weight excluding hydrogens is 379 g/mol. The van der Waals surface area contributed by atoms with Crippen molar-refractivity contribution < 1.29 is 14.3 Å². The normalized spacial score (nSPS) is 24.4. The average Bonchev–Trinajstić information content (AvgIpc) is 2.64. The SMILES string of the molecule is Cl.Cl.O=C(CC1COCCN1)N1CCN(CC(=O)N2CCCCC2)CC1. The predicted molar refractivity (Wildman–Crippen MR) is 105 cm³/mol. The van der Waals surface area contributed by atoms with Gasteiger partial charge in [0.05, 0.1) is 19.8 Å². The summed E-state index contributed by atoms with van der Waals surface area (Å²) < 4.78 is 5.41. The zero-order chi connectivity index (χ0) is 16.8. The van der Waals surface area contributed by atoms with Crippen LogP contribution in [0.2, 0.25) is 0 Å². The number of ether oxygens (including phenoxy) is 1. The number of morpholine rings is 1. The van der Waals surface area contributed by atoms with Gasteiger partial charge in [-0.25, -0.2) is 0 Å². The molecule has 9 heteroatoms. The van der Waals surface area contributed by atoms with Crippen molar-refractivity contribution in [2.75, 3.05) is 65.6 Å². The minimum absolute atomic E-state index is 0. The second-order valence-corrected chi connectivity index (χ2v) is 7.03. The molecule has 0 bridgehead atoms. The molecule has 2 amide bonds. The molecule has 1 unspecified atom stereocenters. The maximum absolute atomic E-state index is 12.4. The molecule has 0 radical (unpaired) electrons. The van der Waals surface area contributed by atoms with E-state index in [0.717, 1.165) is 65.3 Å². The van der Waals surface area contributed by atoms with Gasteiger partial charge in [0.25, 0.3) is 0 Å². The van der Waals surface area contributed by atoms with E-state index in [0.29, 0.717) is 19.6 Å². The molecule has 3 heterocycles. The lowest BCUT2D eigenvalue weighted by atomic mass is 10.1. The Balaban J connectivity index is 0.00000169. The van der Waals surface area contributed by atoms with Crippen molar-refractivity contribution in [3.05, 3.63) is 0 Å². The molecule has 1 atom stereocenters. The summed E-state index contributed by atoms with van der Waals surface area (Å²) in [7, 11) is 0. The minimum atomic E-state index is 0. The van der Waals surface area contributed by atoms with E-state index in [1.165, 1.54) is 6.42 Å². The molecule has 1 N–H and O–H groups in total. The first-order valence-electron chi connectivity index (χ1n) is 9.31. The van der Waals surface area contributed by atoms with Crippen molar-refractivity contribution in [1.29, 1.82) is 0 Å². The van der Waals surface area contributed by atoms with Gasteiger partial charge in [0.2, 0.25) is 11.8 Å². The minimum Gasteiger partial charge on any atom is -0.378 e. The fourth-order valence-corrected chi connectivity index (χ4v) is 3.68. The number of rotatable bonds is 4. The van der Waals surface area contributed by atoms with Crippen LogP contribution in [-0.2, 0) is 14.3 Å². The molecule has 3 fully saturated rings. The topological polar surface area (TPSA) is 65.1 Å². The first-order chi connectivity index (χ1) is 11.7. The molecule has 0 saturated carbocycles. The second kappa shape index (κ2) is 12.0. The number of hydrogen-bond acceptors (Lipinski definition) is 5. The van der Waals surface area contributed by atoms with Gasteiger partial charge in [0, 0.05) is 58.3 Å². The van der Waals surface area contributed by atoms with E-state index < -0.39 is 0 Å². The highest BCUT2D eigenvalue weighted by molar-refractivity contribution is 5.85.